The van der Waals surface area contributed by atoms with Crippen LogP contribution in [-0.4, -0.2) is 29.0 Å². The third kappa shape index (κ3) is 2.88. The molecule has 0 amide bonds. The minimum Gasteiger partial charge on any atom is -0.293 e. The molecule has 134 valence electrons. The van der Waals surface area contributed by atoms with E-state index in [0.717, 1.165) is 5.69 Å². The van der Waals surface area contributed by atoms with Gasteiger partial charge in [0.25, 0.3) is 5.56 Å². The van der Waals surface area contributed by atoms with Crippen molar-refractivity contribution in [3.63, 3.8) is 0 Å². The molecule has 0 unspecified atom stereocenters. The number of fused-ring (bicyclic) bond motifs is 1. The zero-order chi connectivity index (χ0) is 18.3. The molecule has 0 fully saturated rings. The summed E-state index contributed by atoms with van der Waals surface area (Å²) in [6.07, 6.45) is 0.372. The van der Waals surface area contributed by atoms with Gasteiger partial charge in [-0.2, -0.15) is 4.31 Å². The van der Waals surface area contributed by atoms with E-state index in [1.807, 2.05) is 30.3 Å². The number of sulfonamides is 1. The van der Waals surface area contributed by atoms with Gasteiger partial charge >= 0.3 is 0 Å². The topological polar surface area (TPSA) is 75.2 Å². The van der Waals surface area contributed by atoms with E-state index in [-0.39, 0.29) is 23.5 Å². The third-order valence-electron chi connectivity index (χ3n) is 4.48. The first-order valence-corrected chi connectivity index (χ1v) is 9.92. The summed E-state index contributed by atoms with van der Waals surface area (Å²) in [4.78, 5) is 12.8. The number of rotatable bonds is 3. The van der Waals surface area contributed by atoms with Gasteiger partial charge in [-0.1, -0.05) is 29.8 Å². The van der Waals surface area contributed by atoms with Gasteiger partial charge in [0.15, 0.2) is 0 Å². The molecule has 0 spiro atoms. The molecule has 2 aromatic carbocycles. The summed E-state index contributed by atoms with van der Waals surface area (Å²) in [5.41, 5.74) is 1.85. The van der Waals surface area contributed by atoms with Crippen LogP contribution in [0.3, 0.4) is 0 Å². The number of nitrogens with one attached hydrogen (secondary N) is 1. The van der Waals surface area contributed by atoms with E-state index in [0.29, 0.717) is 22.7 Å². The Hall–Kier alpha value is -2.35. The second-order valence-electron chi connectivity index (χ2n) is 6.09. The standard InChI is InChI=1S/C18H16ClN3O3S/c19-13-6-8-15(9-7-13)26(24,25)21-11-10-16-17(12-21)20-22(18(16)23)14-4-2-1-3-5-14/h1-9,20H,10-12H2. The maximum Gasteiger partial charge on any atom is 0.274 e. The average molecular weight is 390 g/mol. The Kier molecular flexibility index (Phi) is 4.22. The lowest BCUT2D eigenvalue weighted by Gasteiger charge is -2.25. The second kappa shape index (κ2) is 6.42. The summed E-state index contributed by atoms with van der Waals surface area (Å²) in [7, 11) is -3.65. The van der Waals surface area contributed by atoms with Crippen LogP contribution < -0.4 is 5.56 Å². The highest BCUT2D eigenvalue weighted by molar-refractivity contribution is 7.89. The van der Waals surface area contributed by atoms with Gasteiger partial charge in [0.2, 0.25) is 10.0 Å². The first-order chi connectivity index (χ1) is 12.5. The van der Waals surface area contributed by atoms with Gasteiger partial charge in [0.1, 0.15) is 0 Å². The number of aromatic amines is 1. The van der Waals surface area contributed by atoms with Gasteiger partial charge in [0, 0.05) is 17.1 Å². The van der Waals surface area contributed by atoms with Crippen LogP contribution in [0.5, 0.6) is 0 Å². The summed E-state index contributed by atoms with van der Waals surface area (Å²) in [6, 6.07) is 15.3. The number of aromatic nitrogens is 2. The van der Waals surface area contributed by atoms with E-state index in [1.165, 1.54) is 21.1 Å². The van der Waals surface area contributed by atoms with Crippen LogP contribution in [-0.2, 0) is 23.0 Å². The smallest absolute Gasteiger partial charge is 0.274 e. The van der Waals surface area contributed by atoms with Gasteiger partial charge in [-0.15, -0.1) is 0 Å². The van der Waals surface area contributed by atoms with E-state index in [4.69, 9.17) is 11.6 Å². The molecule has 1 aromatic heterocycles. The van der Waals surface area contributed by atoms with Crippen molar-refractivity contribution in [2.75, 3.05) is 6.54 Å². The maximum absolute atomic E-state index is 12.9. The minimum absolute atomic E-state index is 0.130. The Morgan fingerprint density at radius 3 is 2.38 bits per heavy atom. The lowest BCUT2D eigenvalue weighted by molar-refractivity contribution is 0.386. The Morgan fingerprint density at radius 2 is 1.69 bits per heavy atom. The van der Waals surface area contributed by atoms with E-state index >= 15 is 0 Å². The van der Waals surface area contributed by atoms with Crippen molar-refractivity contribution in [1.29, 1.82) is 0 Å². The molecular weight excluding hydrogens is 374 g/mol. The maximum atomic E-state index is 12.9. The van der Waals surface area contributed by atoms with E-state index in [1.54, 1.807) is 12.1 Å². The molecule has 0 saturated heterocycles. The highest BCUT2D eigenvalue weighted by Gasteiger charge is 2.31. The number of hydrogen-bond acceptors (Lipinski definition) is 3. The highest BCUT2D eigenvalue weighted by atomic mass is 35.5. The number of hydrogen-bond donors (Lipinski definition) is 1. The Morgan fingerprint density at radius 1 is 1.00 bits per heavy atom. The highest BCUT2D eigenvalue weighted by Crippen LogP contribution is 2.24. The molecule has 0 bridgehead atoms. The van der Waals surface area contributed by atoms with Crippen LogP contribution in [0.2, 0.25) is 5.02 Å². The summed E-state index contributed by atoms with van der Waals surface area (Å²) < 4.78 is 28.5. The summed E-state index contributed by atoms with van der Waals surface area (Å²) in [6.45, 7) is 0.398. The van der Waals surface area contributed by atoms with Crippen LogP contribution >= 0.6 is 11.6 Å². The molecule has 1 aliphatic heterocycles. The van der Waals surface area contributed by atoms with Crippen molar-refractivity contribution in [2.45, 2.75) is 17.9 Å². The van der Waals surface area contributed by atoms with Crippen LogP contribution in [0.25, 0.3) is 5.69 Å². The van der Waals surface area contributed by atoms with Crippen LogP contribution in [0.15, 0.2) is 64.3 Å². The van der Waals surface area contributed by atoms with Gasteiger partial charge in [-0.25, -0.2) is 13.1 Å². The molecule has 26 heavy (non-hydrogen) atoms. The first kappa shape index (κ1) is 17.1. The predicted molar refractivity (Wildman–Crippen MR) is 99.1 cm³/mol. The quantitative estimate of drug-likeness (QED) is 0.748. The number of H-pyrrole nitrogens is 1. The number of halogens is 1. The lowest BCUT2D eigenvalue weighted by Crippen LogP contribution is -2.37. The normalized spacial score (nSPS) is 15.0. The van der Waals surface area contributed by atoms with E-state index in [9.17, 15) is 13.2 Å². The number of benzene rings is 2. The molecule has 4 rings (SSSR count). The predicted octanol–water partition coefficient (Wildman–Crippen LogP) is 2.57. The van der Waals surface area contributed by atoms with Gasteiger partial charge in [-0.3, -0.25) is 9.89 Å². The van der Waals surface area contributed by atoms with E-state index in [2.05, 4.69) is 5.10 Å². The zero-order valence-corrected chi connectivity index (χ0v) is 15.3. The molecule has 8 heteroatoms. The van der Waals surface area contributed by atoms with Crippen molar-refractivity contribution in [2.24, 2.45) is 0 Å². The third-order valence-corrected chi connectivity index (χ3v) is 6.60. The van der Waals surface area contributed by atoms with Crippen molar-refractivity contribution in [1.82, 2.24) is 14.1 Å². The Bertz CT molecular complexity index is 1100. The first-order valence-electron chi connectivity index (χ1n) is 8.11. The van der Waals surface area contributed by atoms with Gasteiger partial charge < -0.3 is 0 Å². The molecule has 2 heterocycles. The number of para-hydroxylation sites is 1. The molecule has 3 aromatic rings. The zero-order valence-electron chi connectivity index (χ0n) is 13.7. The van der Waals surface area contributed by atoms with E-state index < -0.39 is 10.0 Å². The molecule has 0 saturated carbocycles. The fourth-order valence-electron chi connectivity index (χ4n) is 3.12. The largest absolute Gasteiger partial charge is 0.293 e. The van der Waals surface area contributed by atoms with Gasteiger partial charge in [0.05, 0.1) is 22.8 Å². The van der Waals surface area contributed by atoms with Crippen LogP contribution in [0.4, 0.5) is 0 Å². The van der Waals surface area contributed by atoms with Crippen LogP contribution in [0.1, 0.15) is 11.3 Å². The fraction of sp³-hybridized carbons (Fsp3) is 0.167. The monoisotopic (exact) mass is 389 g/mol. The van der Waals surface area contributed by atoms with Crippen molar-refractivity contribution >= 4 is 21.6 Å². The van der Waals surface area contributed by atoms with Crippen molar-refractivity contribution in [3.8, 4) is 5.69 Å². The Balaban J connectivity index is 1.68. The summed E-state index contributed by atoms with van der Waals surface area (Å²) in [5, 5.41) is 3.54. The number of nitrogens with zero attached hydrogens (tertiary/aromatic N) is 2. The van der Waals surface area contributed by atoms with Crippen molar-refractivity contribution in [3.05, 3.63) is 81.2 Å². The Labute approximate surface area is 155 Å². The molecule has 1 N–H and O–H groups in total. The molecule has 6 nitrogen and oxygen atoms in total. The SMILES string of the molecule is O=c1c2c([nH]n1-c1ccccc1)CN(S(=O)(=O)c1ccc(Cl)cc1)CC2. The van der Waals surface area contributed by atoms with Gasteiger partial charge in [-0.05, 0) is 42.8 Å². The fourth-order valence-corrected chi connectivity index (χ4v) is 4.65. The summed E-state index contributed by atoms with van der Waals surface area (Å²) in [5.74, 6) is 0. The second-order valence-corrected chi connectivity index (χ2v) is 8.46. The van der Waals surface area contributed by atoms with Crippen LogP contribution in [0, 0.1) is 0 Å². The minimum atomic E-state index is -3.65. The molecule has 1 aliphatic rings. The molecule has 0 radical (unpaired) electrons. The lowest BCUT2D eigenvalue weighted by atomic mass is 10.1. The van der Waals surface area contributed by atoms with Crippen molar-refractivity contribution < 1.29 is 8.42 Å². The molecule has 0 atom stereocenters. The molecular formula is C18H16ClN3O3S. The summed E-state index contributed by atoms with van der Waals surface area (Å²) >= 11 is 5.84. The molecule has 0 aliphatic carbocycles. The average Bonchev–Trinajstić information content (AvgIpc) is 2.99.